The Kier molecular flexibility index (Phi) is 3.49. The largest absolute Gasteiger partial charge is 0.489 e. The number of benzene rings is 1. The van der Waals surface area contributed by atoms with E-state index in [1.807, 2.05) is 6.07 Å². The Morgan fingerprint density at radius 3 is 2.78 bits per heavy atom. The van der Waals surface area contributed by atoms with E-state index in [-0.39, 0.29) is 0 Å². The minimum Gasteiger partial charge on any atom is -0.489 e. The summed E-state index contributed by atoms with van der Waals surface area (Å²) in [6, 6.07) is 4.26. The van der Waals surface area contributed by atoms with E-state index in [4.69, 9.17) is 16.3 Å². The minimum atomic E-state index is 0.403. The van der Waals surface area contributed by atoms with E-state index in [0.717, 1.165) is 23.9 Å². The molecule has 0 spiro atoms. The number of aryl methyl sites for hydroxylation is 1. The molecule has 1 heterocycles. The van der Waals surface area contributed by atoms with Crippen LogP contribution in [0.2, 0.25) is 5.02 Å². The maximum Gasteiger partial charge on any atom is 0.141 e. The van der Waals surface area contributed by atoms with E-state index < -0.39 is 0 Å². The first kappa shape index (κ1) is 12.3. The molecule has 3 heteroatoms. The molecule has 1 unspecified atom stereocenters. The molecule has 2 aliphatic rings. The highest BCUT2D eigenvalue weighted by molar-refractivity contribution is 6.32. The summed E-state index contributed by atoms with van der Waals surface area (Å²) >= 11 is 6.38. The Morgan fingerprint density at radius 2 is 2.11 bits per heavy atom. The molecular weight excluding hydrogens is 246 g/mol. The van der Waals surface area contributed by atoms with Gasteiger partial charge >= 0.3 is 0 Å². The summed E-state index contributed by atoms with van der Waals surface area (Å²) < 4.78 is 6.04. The highest BCUT2D eigenvalue weighted by Crippen LogP contribution is 2.40. The van der Waals surface area contributed by atoms with Crippen molar-refractivity contribution in [3.8, 4) is 5.75 Å². The van der Waals surface area contributed by atoms with Crippen LogP contribution in [-0.4, -0.2) is 19.2 Å². The van der Waals surface area contributed by atoms with Crippen LogP contribution >= 0.6 is 11.6 Å². The van der Waals surface area contributed by atoms with Crippen molar-refractivity contribution in [3.63, 3.8) is 0 Å². The Labute approximate surface area is 114 Å². The minimum absolute atomic E-state index is 0.403. The van der Waals surface area contributed by atoms with Crippen molar-refractivity contribution in [2.75, 3.05) is 13.1 Å². The van der Waals surface area contributed by atoms with Crippen LogP contribution in [0.25, 0.3) is 0 Å². The normalized spacial score (nSPS) is 24.0. The van der Waals surface area contributed by atoms with Gasteiger partial charge in [-0.1, -0.05) is 17.7 Å². The predicted molar refractivity (Wildman–Crippen MR) is 74.7 cm³/mol. The molecule has 0 aromatic heterocycles. The number of piperidine rings is 1. The molecule has 0 bridgehead atoms. The zero-order valence-corrected chi connectivity index (χ0v) is 11.6. The number of rotatable bonds is 3. The standard InChI is InChI=1S/C15H20ClNO/c1-10-7-13(11-3-2-6-17-9-11)15(14(16)8-10)18-12-4-5-12/h7-8,11-12,17H,2-6,9H2,1H3. The van der Waals surface area contributed by atoms with Crippen molar-refractivity contribution < 1.29 is 4.74 Å². The van der Waals surface area contributed by atoms with Crippen molar-refractivity contribution in [1.29, 1.82) is 0 Å². The molecule has 1 N–H and O–H groups in total. The second-order valence-corrected chi connectivity index (χ2v) is 5.93. The molecule has 1 aliphatic heterocycles. The van der Waals surface area contributed by atoms with Crippen LogP contribution in [0.3, 0.4) is 0 Å². The van der Waals surface area contributed by atoms with Crippen LogP contribution in [0.4, 0.5) is 0 Å². The van der Waals surface area contributed by atoms with Gasteiger partial charge in [0.1, 0.15) is 5.75 Å². The maximum absolute atomic E-state index is 6.38. The molecule has 1 saturated carbocycles. The smallest absolute Gasteiger partial charge is 0.141 e. The highest BCUT2D eigenvalue weighted by atomic mass is 35.5. The molecule has 2 fully saturated rings. The van der Waals surface area contributed by atoms with Gasteiger partial charge in [-0.2, -0.15) is 0 Å². The zero-order chi connectivity index (χ0) is 12.5. The molecule has 18 heavy (non-hydrogen) atoms. The molecule has 2 nitrogen and oxygen atoms in total. The van der Waals surface area contributed by atoms with Crippen molar-refractivity contribution in [1.82, 2.24) is 5.32 Å². The van der Waals surface area contributed by atoms with Gasteiger partial charge in [0.15, 0.2) is 0 Å². The van der Waals surface area contributed by atoms with Gasteiger partial charge in [-0.15, -0.1) is 0 Å². The van der Waals surface area contributed by atoms with Gasteiger partial charge in [0.25, 0.3) is 0 Å². The molecule has 1 aromatic carbocycles. The summed E-state index contributed by atoms with van der Waals surface area (Å²) in [6.45, 7) is 4.28. The molecule has 0 amide bonds. The number of nitrogens with one attached hydrogen (secondary N) is 1. The Bertz CT molecular complexity index is 436. The first-order valence-electron chi connectivity index (χ1n) is 6.91. The van der Waals surface area contributed by atoms with Crippen LogP contribution < -0.4 is 10.1 Å². The SMILES string of the molecule is Cc1cc(Cl)c(OC2CC2)c(C2CCCNC2)c1. The molecule has 1 saturated heterocycles. The fourth-order valence-electron chi connectivity index (χ4n) is 2.65. The van der Waals surface area contributed by atoms with Gasteiger partial charge in [-0.05, 0) is 50.8 Å². The van der Waals surface area contributed by atoms with Gasteiger partial charge in [-0.3, -0.25) is 0 Å². The lowest BCUT2D eigenvalue weighted by Crippen LogP contribution is -2.28. The molecule has 0 radical (unpaired) electrons. The van der Waals surface area contributed by atoms with E-state index in [1.165, 1.54) is 36.8 Å². The Hall–Kier alpha value is -0.730. The zero-order valence-electron chi connectivity index (χ0n) is 10.8. The molecule has 1 aliphatic carbocycles. The number of hydrogen-bond acceptors (Lipinski definition) is 2. The maximum atomic E-state index is 6.38. The van der Waals surface area contributed by atoms with Gasteiger partial charge in [0.2, 0.25) is 0 Å². The van der Waals surface area contributed by atoms with Crippen LogP contribution in [0.15, 0.2) is 12.1 Å². The third-order valence-electron chi connectivity index (χ3n) is 3.76. The van der Waals surface area contributed by atoms with Crippen molar-refractivity contribution >= 4 is 11.6 Å². The fourth-order valence-corrected chi connectivity index (χ4v) is 2.98. The second kappa shape index (κ2) is 5.10. The first-order chi connectivity index (χ1) is 8.74. The summed E-state index contributed by atoms with van der Waals surface area (Å²) in [4.78, 5) is 0. The third kappa shape index (κ3) is 2.65. The lowest BCUT2D eigenvalue weighted by molar-refractivity contribution is 0.295. The number of ether oxygens (including phenoxy) is 1. The van der Waals surface area contributed by atoms with Crippen LogP contribution in [0, 0.1) is 6.92 Å². The van der Waals surface area contributed by atoms with E-state index in [2.05, 4.69) is 18.3 Å². The summed E-state index contributed by atoms with van der Waals surface area (Å²) in [6.07, 6.45) is 5.21. The highest BCUT2D eigenvalue weighted by Gasteiger charge is 2.28. The molecule has 3 rings (SSSR count). The third-order valence-corrected chi connectivity index (χ3v) is 4.04. The number of halogens is 1. The summed E-state index contributed by atoms with van der Waals surface area (Å²) in [5.74, 6) is 1.49. The topological polar surface area (TPSA) is 21.3 Å². The van der Waals surface area contributed by atoms with Crippen LogP contribution in [0.1, 0.15) is 42.7 Å². The first-order valence-corrected chi connectivity index (χ1v) is 7.29. The van der Waals surface area contributed by atoms with E-state index in [9.17, 15) is 0 Å². The average molecular weight is 266 g/mol. The summed E-state index contributed by atoms with van der Waals surface area (Å²) in [7, 11) is 0. The van der Waals surface area contributed by atoms with Crippen LogP contribution in [0.5, 0.6) is 5.75 Å². The summed E-state index contributed by atoms with van der Waals surface area (Å²) in [5.41, 5.74) is 2.53. The van der Waals surface area contributed by atoms with Crippen molar-refractivity contribution in [2.45, 2.75) is 44.6 Å². The van der Waals surface area contributed by atoms with Gasteiger partial charge in [0, 0.05) is 18.0 Å². The lowest BCUT2D eigenvalue weighted by atomic mass is 9.90. The number of hydrogen-bond donors (Lipinski definition) is 1. The molecule has 1 aromatic rings. The fraction of sp³-hybridized carbons (Fsp3) is 0.600. The summed E-state index contributed by atoms with van der Waals surface area (Å²) in [5, 5.41) is 4.25. The molecular formula is C15H20ClNO. The van der Waals surface area contributed by atoms with Crippen molar-refractivity contribution in [2.24, 2.45) is 0 Å². The molecule has 1 atom stereocenters. The second-order valence-electron chi connectivity index (χ2n) is 5.53. The van der Waals surface area contributed by atoms with Gasteiger partial charge < -0.3 is 10.1 Å². The molecule has 98 valence electrons. The van der Waals surface area contributed by atoms with Crippen molar-refractivity contribution in [3.05, 3.63) is 28.3 Å². The van der Waals surface area contributed by atoms with E-state index in [1.54, 1.807) is 0 Å². The van der Waals surface area contributed by atoms with Crippen LogP contribution in [-0.2, 0) is 0 Å². The van der Waals surface area contributed by atoms with Gasteiger partial charge in [-0.25, -0.2) is 0 Å². The van der Waals surface area contributed by atoms with E-state index in [0.29, 0.717) is 12.0 Å². The average Bonchev–Trinajstić information content (AvgIpc) is 3.17. The lowest BCUT2D eigenvalue weighted by Gasteiger charge is -2.26. The Balaban J connectivity index is 1.92. The van der Waals surface area contributed by atoms with Gasteiger partial charge in [0.05, 0.1) is 11.1 Å². The predicted octanol–water partition coefficient (Wildman–Crippen LogP) is 3.66. The monoisotopic (exact) mass is 265 g/mol. The Morgan fingerprint density at radius 1 is 1.28 bits per heavy atom. The quantitative estimate of drug-likeness (QED) is 0.901. The van der Waals surface area contributed by atoms with E-state index >= 15 is 0 Å².